The van der Waals surface area contributed by atoms with Crippen molar-refractivity contribution in [1.29, 1.82) is 0 Å². The van der Waals surface area contributed by atoms with Gasteiger partial charge in [0, 0.05) is 34.5 Å². The van der Waals surface area contributed by atoms with Crippen molar-refractivity contribution in [2.75, 3.05) is 17.2 Å². The summed E-state index contributed by atoms with van der Waals surface area (Å²) in [5.41, 5.74) is 1.50. The second kappa shape index (κ2) is 5.73. The third-order valence-electron chi connectivity index (χ3n) is 3.41. The van der Waals surface area contributed by atoms with Crippen LogP contribution in [0.2, 0.25) is 5.02 Å². The number of hydrogen-bond donors (Lipinski definition) is 0. The van der Waals surface area contributed by atoms with Crippen LogP contribution in [0.25, 0.3) is 0 Å². The Kier molecular flexibility index (Phi) is 3.95. The van der Waals surface area contributed by atoms with E-state index in [1.165, 1.54) is 0 Å². The maximum absolute atomic E-state index is 12.7. The van der Waals surface area contributed by atoms with Crippen LogP contribution in [0.4, 0.5) is 5.69 Å². The summed E-state index contributed by atoms with van der Waals surface area (Å²) in [6.45, 7) is 4.76. The monoisotopic (exact) mass is 321 g/mol. The van der Waals surface area contributed by atoms with Crippen LogP contribution in [0, 0.1) is 0 Å². The molecule has 1 aliphatic rings. The van der Waals surface area contributed by atoms with E-state index >= 15 is 0 Å². The van der Waals surface area contributed by atoms with Crippen molar-refractivity contribution in [2.24, 2.45) is 0 Å². The van der Waals surface area contributed by atoms with Crippen LogP contribution in [-0.2, 0) is 0 Å². The highest BCUT2D eigenvalue weighted by Crippen LogP contribution is 2.37. The normalized spacial score (nSPS) is 14.4. The molecule has 0 N–H and O–H groups in total. The molecular weight excluding hydrogens is 306 g/mol. The number of aromatic nitrogens is 2. The van der Waals surface area contributed by atoms with Gasteiger partial charge in [-0.15, -0.1) is 11.8 Å². The number of carbonyl (C=O) groups excluding carboxylic acids is 1. The zero-order chi connectivity index (χ0) is 15.0. The standard InChI is InChI=1S/C15H16ClN3OS/c1-10(2)19-9-11(8-17-19)15(20)18-5-6-21-14-4-3-12(16)7-13(14)18/h3-4,7-10H,5-6H2,1-2H3. The summed E-state index contributed by atoms with van der Waals surface area (Å²) >= 11 is 7.83. The molecule has 0 atom stereocenters. The van der Waals surface area contributed by atoms with Crippen LogP contribution in [0.1, 0.15) is 30.2 Å². The van der Waals surface area contributed by atoms with Gasteiger partial charge in [0.15, 0.2) is 0 Å². The molecule has 0 aliphatic carbocycles. The summed E-state index contributed by atoms with van der Waals surface area (Å²) in [4.78, 5) is 15.6. The maximum Gasteiger partial charge on any atom is 0.261 e. The molecule has 21 heavy (non-hydrogen) atoms. The highest BCUT2D eigenvalue weighted by atomic mass is 35.5. The van der Waals surface area contributed by atoms with Gasteiger partial charge in [-0.05, 0) is 32.0 Å². The summed E-state index contributed by atoms with van der Waals surface area (Å²) < 4.78 is 1.80. The molecule has 0 saturated carbocycles. The molecule has 110 valence electrons. The van der Waals surface area contributed by atoms with Crippen LogP contribution in [0.5, 0.6) is 0 Å². The van der Waals surface area contributed by atoms with Crippen molar-refractivity contribution in [2.45, 2.75) is 24.8 Å². The lowest BCUT2D eigenvalue weighted by Gasteiger charge is -2.28. The zero-order valence-electron chi connectivity index (χ0n) is 11.9. The third kappa shape index (κ3) is 2.80. The Hall–Kier alpha value is -1.46. The average Bonchev–Trinajstić information content (AvgIpc) is 2.96. The minimum Gasteiger partial charge on any atom is -0.306 e. The fraction of sp³-hybridized carbons (Fsp3) is 0.333. The van der Waals surface area contributed by atoms with Gasteiger partial charge in [0.05, 0.1) is 17.4 Å². The van der Waals surface area contributed by atoms with Gasteiger partial charge in [-0.25, -0.2) is 0 Å². The summed E-state index contributed by atoms with van der Waals surface area (Å²) in [6, 6.07) is 5.93. The van der Waals surface area contributed by atoms with E-state index in [9.17, 15) is 4.79 Å². The van der Waals surface area contributed by atoms with Crippen molar-refractivity contribution in [3.63, 3.8) is 0 Å². The molecule has 0 saturated heterocycles. The summed E-state index contributed by atoms with van der Waals surface area (Å²) in [5.74, 6) is 0.865. The summed E-state index contributed by atoms with van der Waals surface area (Å²) in [6.07, 6.45) is 3.44. The number of thioether (sulfide) groups is 1. The van der Waals surface area contributed by atoms with E-state index in [4.69, 9.17) is 11.6 Å². The molecular formula is C15H16ClN3OS. The predicted molar refractivity (Wildman–Crippen MR) is 86.5 cm³/mol. The number of benzene rings is 1. The molecule has 0 bridgehead atoms. The molecule has 1 aliphatic heterocycles. The molecule has 1 aromatic carbocycles. The molecule has 1 amide bonds. The zero-order valence-corrected chi connectivity index (χ0v) is 13.5. The number of amides is 1. The molecule has 4 nitrogen and oxygen atoms in total. The van der Waals surface area contributed by atoms with Crippen molar-refractivity contribution in [1.82, 2.24) is 9.78 Å². The molecule has 3 rings (SSSR count). The first-order valence-electron chi connectivity index (χ1n) is 6.84. The Bertz CT molecular complexity index is 683. The molecule has 2 heterocycles. The van der Waals surface area contributed by atoms with Gasteiger partial charge < -0.3 is 4.90 Å². The number of nitrogens with zero attached hydrogens (tertiary/aromatic N) is 3. The molecule has 6 heteroatoms. The first-order valence-corrected chi connectivity index (χ1v) is 8.21. The number of carbonyl (C=O) groups is 1. The van der Waals surface area contributed by atoms with E-state index in [-0.39, 0.29) is 11.9 Å². The molecule has 0 unspecified atom stereocenters. The Morgan fingerprint density at radius 2 is 2.24 bits per heavy atom. The first-order chi connectivity index (χ1) is 10.1. The van der Waals surface area contributed by atoms with Gasteiger partial charge in [-0.3, -0.25) is 9.48 Å². The quantitative estimate of drug-likeness (QED) is 0.842. The molecule has 0 spiro atoms. The van der Waals surface area contributed by atoms with Crippen molar-refractivity contribution in [3.8, 4) is 0 Å². The van der Waals surface area contributed by atoms with E-state index in [0.717, 1.165) is 16.3 Å². The first kappa shape index (κ1) is 14.5. The lowest BCUT2D eigenvalue weighted by molar-refractivity contribution is 0.0987. The third-order valence-corrected chi connectivity index (χ3v) is 4.68. The van der Waals surface area contributed by atoms with Crippen LogP contribution >= 0.6 is 23.4 Å². The van der Waals surface area contributed by atoms with Gasteiger partial charge in [-0.2, -0.15) is 5.10 Å². The topological polar surface area (TPSA) is 38.1 Å². The molecule has 1 aromatic heterocycles. The summed E-state index contributed by atoms with van der Waals surface area (Å²) in [7, 11) is 0. The Balaban J connectivity index is 1.94. The second-order valence-electron chi connectivity index (χ2n) is 5.22. The van der Waals surface area contributed by atoms with Gasteiger partial charge in [-0.1, -0.05) is 11.6 Å². The Labute approximate surface area is 133 Å². The Morgan fingerprint density at radius 1 is 1.43 bits per heavy atom. The lowest BCUT2D eigenvalue weighted by Crippen LogP contribution is -2.35. The van der Waals surface area contributed by atoms with Crippen molar-refractivity contribution >= 4 is 35.0 Å². The molecule has 0 radical (unpaired) electrons. The van der Waals surface area contributed by atoms with E-state index in [1.54, 1.807) is 33.7 Å². The molecule has 0 fully saturated rings. The fourth-order valence-corrected chi connectivity index (χ4v) is 3.43. The minimum absolute atomic E-state index is 0.0225. The van der Waals surface area contributed by atoms with Gasteiger partial charge in [0.1, 0.15) is 0 Å². The number of fused-ring (bicyclic) bond motifs is 1. The van der Waals surface area contributed by atoms with E-state index in [1.807, 2.05) is 32.0 Å². The summed E-state index contributed by atoms with van der Waals surface area (Å²) in [5, 5.41) is 4.89. The Morgan fingerprint density at radius 3 is 2.95 bits per heavy atom. The highest BCUT2D eigenvalue weighted by molar-refractivity contribution is 7.99. The lowest BCUT2D eigenvalue weighted by atomic mass is 10.2. The van der Waals surface area contributed by atoms with Crippen LogP contribution < -0.4 is 4.90 Å². The minimum atomic E-state index is -0.0225. The second-order valence-corrected chi connectivity index (χ2v) is 6.79. The highest BCUT2D eigenvalue weighted by Gasteiger charge is 2.25. The van der Waals surface area contributed by atoms with Crippen LogP contribution in [-0.4, -0.2) is 28.0 Å². The number of rotatable bonds is 2. The van der Waals surface area contributed by atoms with Gasteiger partial charge in [0.25, 0.3) is 5.91 Å². The van der Waals surface area contributed by atoms with Gasteiger partial charge in [0.2, 0.25) is 0 Å². The fourth-order valence-electron chi connectivity index (χ4n) is 2.29. The number of hydrogen-bond acceptors (Lipinski definition) is 3. The predicted octanol–water partition coefficient (Wildman–Crippen LogP) is 3.87. The van der Waals surface area contributed by atoms with Crippen molar-refractivity contribution in [3.05, 3.63) is 41.2 Å². The number of anilines is 1. The SMILES string of the molecule is CC(C)n1cc(C(=O)N2CCSc3ccc(Cl)cc32)cn1. The van der Waals surface area contributed by atoms with E-state index in [2.05, 4.69) is 5.10 Å². The van der Waals surface area contributed by atoms with Crippen LogP contribution in [0.3, 0.4) is 0 Å². The maximum atomic E-state index is 12.7. The average molecular weight is 322 g/mol. The molecule has 2 aromatic rings. The van der Waals surface area contributed by atoms with E-state index < -0.39 is 0 Å². The van der Waals surface area contributed by atoms with Gasteiger partial charge >= 0.3 is 0 Å². The number of halogens is 1. The van der Waals surface area contributed by atoms with Crippen molar-refractivity contribution < 1.29 is 4.79 Å². The van der Waals surface area contributed by atoms with Crippen LogP contribution in [0.15, 0.2) is 35.5 Å². The smallest absolute Gasteiger partial charge is 0.261 e. The van der Waals surface area contributed by atoms with E-state index in [0.29, 0.717) is 17.1 Å². The largest absolute Gasteiger partial charge is 0.306 e.